The van der Waals surface area contributed by atoms with Gasteiger partial charge in [-0.25, -0.2) is 4.79 Å². The second-order valence-electron chi connectivity index (χ2n) is 4.53. The van der Waals surface area contributed by atoms with E-state index >= 15 is 0 Å². The zero-order valence-electron chi connectivity index (χ0n) is 12.3. The zero-order valence-corrected chi connectivity index (χ0v) is 12.3. The third-order valence-electron chi connectivity index (χ3n) is 2.71. The fraction of sp³-hybridized carbons (Fsp3) is 0.769. The Morgan fingerprint density at radius 1 is 1.25 bits per heavy atom. The Balaban J connectivity index is 4.60. The molecule has 0 spiro atoms. The highest BCUT2D eigenvalue weighted by molar-refractivity contribution is 5.81. The number of nitrogens with zero attached hydrogens (tertiary/aromatic N) is 1. The average Bonchev–Trinajstić information content (AvgIpc) is 2.37. The van der Waals surface area contributed by atoms with Gasteiger partial charge in [0.05, 0.1) is 13.5 Å². The highest BCUT2D eigenvalue weighted by Crippen LogP contribution is 2.04. The molecule has 7 nitrogen and oxygen atoms in total. The number of urea groups is 1. The lowest BCUT2D eigenvalue weighted by atomic mass is 10.1. The summed E-state index contributed by atoms with van der Waals surface area (Å²) in [5.74, 6) is -1.46. The van der Waals surface area contributed by atoms with E-state index in [0.29, 0.717) is 19.4 Å². The second-order valence-corrected chi connectivity index (χ2v) is 4.53. The van der Waals surface area contributed by atoms with Crippen LogP contribution in [0.25, 0.3) is 0 Å². The van der Waals surface area contributed by atoms with Gasteiger partial charge in [0.15, 0.2) is 0 Å². The minimum Gasteiger partial charge on any atom is -0.481 e. The smallest absolute Gasteiger partial charge is 0.325 e. The first-order valence-corrected chi connectivity index (χ1v) is 6.78. The maximum Gasteiger partial charge on any atom is 0.325 e. The topological polar surface area (TPSA) is 95.9 Å². The Labute approximate surface area is 119 Å². The van der Waals surface area contributed by atoms with E-state index in [2.05, 4.69) is 10.1 Å². The molecule has 1 atom stereocenters. The summed E-state index contributed by atoms with van der Waals surface area (Å²) in [6.45, 7) is 4.08. The molecule has 0 aromatic rings. The molecule has 0 heterocycles. The van der Waals surface area contributed by atoms with Gasteiger partial charge in [-0.05, 0) is 12.8 Å². The Morgan fingerprint density at radius 2 is 1.90 bits per heavy atom. The molecular weight excluding hydrogens is 264 g/mol. The van der Waals surface area contributed by atoms with Crippen LogP contribution in [0.15, 0.2) is 0 Å². The summed E-state index contributed by atoms with van der Waals surface area (Å²) in [4.78, 5) is 35.4. The van der Waals surface area contributed by atoms with Crippen LogP contribution in [0.2, 0.25) is 0 Å². The number of amides is 2. The van der Waals surface area contributed by atoms with Gasteiger partial charge < -0.3 is 20.1 Å². The number of carbonyl (C=O) groups is 3. The van der Waals surface area contributed by atoms with Crippen LogP contribution in [0, 0.1) is 0 Å². The molecule has 0 saturated carbocycles. The van der Waals surface area contributed by atoms with Crippen molar-refractivity contribution in [3.8, 4) is 0 Å². The number of hydrogen-bond donors (Lipinski definition) is 2. The number of ether oxygens (including phenoxy) is 1. The highest BCUT2D eigenvalue weighted by Gasteiger charge is 2.21. The first-order valence-electron chi connectivity index (χ1n) is 6.78. The molecule has 0 radical (unpaired) electrons. The third kappa shape index (κ3) is 7.60. The largest absolute Gasteiger partial charge is 0.481 e. The number of carbonyl (C=O) groups excluding carboxylic acids is 2. The van der Waals surface area contributed by atoms with Crippen LogP contribution in [0.5, 0.6) is 0 Å². The lowest BCUT2D eigenvalue weighted by molar-refractivity contribution is -0.141. The van der Waals surface area contributed by atoms with Crippen molar-refractivity contribution < 1.29 is 24.2 Å². The van der Waals surface area contributed by atoms with E-state index < -0.39 is 24.0 Å². The number of carboxylic acid groups (broad SMARTS) is 1. The normalized spacial score (nSPS) is 11.6. The third-order valence-corrected chi connectivity index (χ3v) is 2.71. The SMILES string of the molecule is CCCC(CC(=O)O)NC(=O)N(CCC)CC(=O)OC. The summed E-state index contributed by atoms with van der Waals surface area (Å²) < 4.78 is 4.54. The van der Waals surface area contributed by atoms with Crippen molar-refractivity contribution in [2.75, 3.05) is 20.2 Å². The number of nitrogens with one attached hydrogen (secondary N) is 1. The van der Waals surface area contributed by atoms with Crippen molar-refractivity contribution in [3.05, 3.63) is 0 Å². The van der Waals surface area contributed by atoms with Crippen LogP contribution in [-0.4, -0.2) is 54.2 Å². The molecule has 7 heteroatoms. The number of carboxylic acids is 1. The fourth-order valence-corrected chi connectivity index (χ4v) is 1.79. The van der Waals surface area contributed by atoms with Gasteiger partial charge in [0, 0.05) is 12.6 Å². The van der Waals surface area contributed by atoms with Gasteiger partial charge in [-0.3, -0.25) is 9.59 Å². The number of aliphatic carboxylic acids is 1. The molecule has 0 bridgehead atoms. The lowest BCUT2D eigenvalue weighted by Crippen LogP contribution is -2.47. The molecule has 2 N–H and O–H groups in total. The van der Waals surface area contributed by atoms with Crippen LogP contribution in [0.1, 0.15) is 39.5 Å². The summed E-state index contributed by atoms with van der Waals surface area (Å²) in [6, 6.07) is -0.862. The fourth-order valence-electron chi connectivity index (χ4n) is 1.79. The lowest BCUT2D eigenvalue weighted by Gasteiger charge is -2.24. The first-order chi connectivity index (χ1) is 9.44. The first kappa shape index (κ1) is 18.2. The molecule has 0 saturated heterocycles. The monoisotopic (exact) mass is 288 g/mol. The summed E-state index contributed by atoms with van der Waals surface area (Å²) in [5, 5.41) is 11.5. The Bertz CT molecular complexity index is 333. The van der Waals surface area contributed by atoms with Crippen molar-refractivity contribution >= 4 is 18.0 Å². The van der Waals surface area contributed by atoms with E-state index in [9.17, 15) is 14.4 Å². The molecule has 0 aromatic carbocycles. The van der Waals surface area contributed by atoms with Gasteiger partial charge in [0.2, 0.25) is 0 Å². The summed E-state index contributed by atoms with van der Waals surface area (Å²) in [7, 11) is 1.26. The maximum atomic E-state index is 12.1. The van der Waals surface area contributed by atoms with E-state index in [1.807, 2.05) is 13.8 Å². The molecule has 0 aliphatic carbocycles. The van der Waals surface area contributed by atoms with Crippen LogP contribution in [0.4, 0.5) is 4.79 Å². The van der Waals surface area contributed by atoms with Crippen molar-refractivity contribution in [3.63, 3.8) is 0 Å². The van der Waals surface area contributed by atoms with Gasteiger partial charge in [-0.1, -0.05) is 20.3 Å². The van der Waals surface area contributed by atoms with Gasteiger partial charge in [0.1, 0.15) is 6.54 Å². The molecule has 0 rings (SSSR count). The molecular formula is C13H24N2O5. The van der Waals surface area contributed by atoms with E-state index in [4.69, 9.17) is 5.11 Å². The van der Waals surface area contributed by atoms with Crippen molar-refractivity contribution in [1.29, 1.82) is 0 Å². The Kier molecular flexibility index (Phi) is 9.15. The molecule has 0 aromatic heterocycles. The maximum absolute atomic E-state index is 12.1. The van der Waals surface area contributed by atoms with Crippen LogP contribution >= 0.6 is 0 Å². The van der Waals surface area contributed by atoms with E-state index in [-0.39, 0.29) is 13.0 Å². The molecule has 0 aliphatic rings. The van der Waals surface area contributed by atoms with E-state index in [0.717, 1.165) is 6.42 Å². The minimum atomic E-state index is -0.959. The second kappa shape index (κ2) is 10.1. The van der Waals surface area contributed by atoms with Crippen molar-refractivity contribution in [1.82, 2.24) is 10.2 Å². The standard InChI is InChI=1S/C13H24N2O5/c1-4-6-10(8-11(16)17)14-13(19)15(7-5-2)9-12(18)20-3/h10H,4-9H2,1-3H3,(H,14,19)(H,16,17). The minimum absolute atomic E-state index is 0.127. The van der Waals surface area contributed by atoms with Gasteiger partial charge in [0.25, 0.3) is 0 Å². The van der Waals surface area contributed by atoms with Gasteiger partial charge in [-0.15, -0.1) is 0 Å². The quantitative estimate of drug-likeness (QED) is 0.622. The highest BCUT2D eigenvalue weighted by atomic mass is 16.5. The van der Waals surface area contributed by atoms with E-state index in [1.165, 1.54) is 12.0 Å². The van der Waals surface area contributed by atoms with Gasteiger partial charge >= 0.3 is 18.0 Å². The molecule has 0 aliphatic heterocycles. The Morgan fingerprint density at radius 3 is 2.35 bits per heavy atom. The predicted octanol–water partition coefficient (Wildman–Crippen LogP) is 1.22. The Hall–Kier alpha value is -1.79. The molecule has 2 amide bonds. The van der Waals surface area contributed by atoms with Crippen molar-refractivity contribution in [2.45, 2.75) is 45.6 Å². The molecule has 20 heavy (non-hydrogen) atoms. The average molecular weight is 288 g/mol. The number of methoxy groups -OCH3 is 1. The van der Waals surface area contributed by atoms with Crippen LogP contribution in [0.3, 0.4) is 0 Å². The number of rotatable bonds is 9. The van der Waals surface area contributed by atoms with Gasteiger partial charge in [-0.2, -0.15) is 0 Å². The summed E-state index contributed by atoms with van der Waals surface area (Å²) >= 11 is 0. The van der Waals surface area contributed by atoms with Crippen LogP contribution < -0.4 is 5.32 Å². The molecule has 1 unspecified atom stereocenters. The van der Waals surface area contributed by atoms with Crippen LogP contribution in [-0.2, 0) is 14.3 Å². The summed E-state index contributed by atoms with van der Waals surface area (Å²) in [5.41, 5.74) is 0. The predicted molar refractivity (Wildman–Crippen MR) is 73.4 cm³/mol. The van der Waals surface area contributed by atoms with Crippen molar-refractivity contribution in [2.24, 2.45) is 0 Å². The molecule has 116 valence electrons. The zero-order chi connectivity index (χ0) is 15.5. The number of esters is 1. The molecule has 0 fully saturated rings. The number of hydrogen-bond acceptors (Lipinski definition) is 4. The summed E-state index contributed by atoms with van der Waals surface area (Å²) in [6.07, 6.45) is 1.92. The van der Waals surface area contributed by atoms with E-state index in [1.54, 1.807) is 0 Å².